The first-order valence-electron chi connectivity index (χ1n) is 6.04. The summed E-state index contributed by atoms with van der Waals surface area (Å²) in [5, 5.41) is 0. The lowest BCUT2D eigenvalue weighted by molar-refractivity contribution is 0.212. The van der Waals surface area contributed by atoms with Crippen LogP contribution < -0.4 is 0 Å². The van der Waals surface area contributed by atoms with Crippen LogP contribution in [0.5, 0.6) is 0 Å². The lowest BCUT2D eigenvalue weighted by Crippen LogP contribution is -2.19. The molecule has 2 unspecified atom stereocenters. The molecule has 0 amide bonds. The van der Waals surface area contributed by atoms with E-state index >= 15 is 0 Å². The van der Waals surface area contributed by atoms with Gasteiger partial charge in [-0.15, -0.1) is 0 Å². The summed E-state index contributed by atoms with van der Waals surface area (Å²) < 4.78 is 0. The van der Waals surface area contributed by atoms with Gasteiger partial charge in [-0.1, -0.05) is 53.4 Å². The maximum Gasteiger partial charge on any atom is -0.0354 e. The van der Waals surface area contributed by atoms with Gasteiger partial charge in [-0.2, -0.15) is 0 Å². The first kappa shape index (κ1) is 11.1. The van der Waals surface area contributed by atoms with Crippen LogP contribution in [0.4, 0.5) is 0 Å². The Kier molecular flexibility index (Phi) is 3.82. The second-order valence-electron chi connectivity index (χ2n) is 5.85. The van der Waals surface area contributed by atoms with Crippen molar-refractivity contribution in [2.45, 2.75) is 66.2 Å². The normalized spacial score (nSPS) is 31.4. The zero-order chi connectivity index (χ0) is 9.90. The van der Waals surface area contributed by atoms with Gasteiger partial charge in [0.25, 0.3) is 0 Å². The third-order valence-electron chi connectivity index (χ3n) is 3.89. The molecular weight excluding hydrogens is 156 g/mol. The zero-order valence-corrected chi connectivity index (χ0v) is 9.90. The molecule has 0 aromatic heterocycles. The largest absolute Gasteiger partial charge is 0.0651 e. The molecule has 0 spiro atoms. The second kappa shape index (κ2) is 4.48. The Morgan fingerprint density at radius 1 is 1.00 bits per heavy atom. The summed E-state index contributed by atoms with van der Waals surface area (Å²) >= 11 is 0. The molecule has 0 N–H and O–H groups in total. The van der Waals surface area contributed by atoms with Gasteiger partial charge in [0.1, 0.15) is 0 Å². The summed E-state index contributed by atoms with van der Waals surface area (Å²) in [6.45, 7) is 9.57. The van der Waals surface area contributed by atoms with Crippen molar-refractivity contribution in [3.63, 3.8) is 0 Å². The highest BCUT2D eigenvalue weighted by Gasteiger charge is 2.26. The average Bonchev–Trinajstić information content (AvgIpc) is 2.26. The van der Waals surface area contributed by atoms with Gasteiger partial charge in [-0.25, -0.2) is 0 Å². The van der Waals surface area contributed by atoms with Gasteiger partial charge in [0.05, 0.1) is 0 Å². The van der Waals surface area contributed by atoms with Gasteiger partial charge < -0.3 is 0 Å². The first-order chi connectivity index (χ1) is 6.04. The number of hydrogen-bond acceptors (Lipinski definition) is 0. The molecule has 0 heterocycles. The molecule has 1 aliphatic carbocycles. The van der Waals surface area contributed by atoms with Gasteiger partial charge >= 0.3 is 0 Å². The molecule has 1 saturated carbocycles. The van der Waals surface area contributed by atoms with Crippen LogP contribution >= 0.6 is 0 Å². The minimum atomic E-state index is 0.544. The van der Waals surface area contributed by atoms with E-state index in [2.05, 4.69) is 27.7 Å². The SMILES string of the molecule is CCC1CCCC(C(C)(C)C)CC1. The predicted molar refractivity (Wildman–Crippen MR) is 59.8 cm³/mol. The van der Waals surface area contributed by atoms with Crippen molar-refractivity contribution < 1.29 is 0 Å². The summed E-state index contributed by atoms with van der Waals surface area (Å²) in [5.41, 5.74) is 0.544. The predicted octanol–water partition coefficient (Wildman–Crippen LogP) is 4.64. The Morgan fingerprint density at radius 2 is 1.69 bits per heavy atom. The van der Waals surface area contributed by atoms with Crippen LogP contribution in [0.15, 0.2) is 0 Å². The fourth-order valence-electron chi connectivity index (χ4n) is 2.65. The Balaban J connectivity index is 2.45. The maximum atomic E-state index is 2.41. The van der Waals surface area contributed by atoms with Crippen LogP contribution in [0.25, 0.3) is 0 Å². The highest BCUT2D eigenvalue weighted by molar-refractivity contribution is 4.78. The molecule has 13 heavy (non-hydrogen) atoms. The topological polar surface area (TPSA) is 0 Å². The maximum absolute atomic E-state index is 2.41. The lowest BCUT2D eigenvalue weighted by atomic mass is 9.76. The third kappa shape index (κ3) is 3.32. The molecule has 2 atom stereocenters. The van der Waals surface area contributed by atoms with E-state index in [-0.39, 0.29) is 0 Å². The van der Waals surface area contributed by atoms with Gasteiger partial charge in [0.2, 0.25) is 0 Å². The highest BCUT2D eigenvalue weighted by atomic mass is 14.3. The standard InChI is InChI=1S/C13H26/c1-5-11-7-6-8-12(10-9-11)13(2,3)4/h11-12H,5-10H2,1-4H3. The van der Waals surface area contributed by atoms with Crippen LogP contribution in [0.3, 0.4) is 0 Å². The second-order valence-corrected chi connectivity index (χ2v) is 5.85. The molecule has 0 saturated heterocycles. The van der Waals surface area contributed by atoms with Crippen LogP contribution in [0, 0.1) is 17.3 Å². The van der Waals surface area contributed by atoms with Gasteiger partial charge in [-0.3, -0.25) is 0 Å². The quantitative estimate of drug-likeness (QED) is 0.518. The Bertz CT molecular complexity index is 141. The molecule has 0 aromatic rings. The van der Waals surface area contributed by atoms with E-state index < -0.39 is 0 Å². The minimum absolute atomic E-state index is 0.544. The summed E-state index contributed by atoms with van der Waals surface area (Å²) in [4.78, 5) is 0. The molecule has 1 aliphatic rings. The number of hydrogen-bond donors (Lipinski definition) is 0. The first-order valence-corrected chi connectivity index (χ1v) is 6.04. The molecule has 0 radical (unpaired) electrons. The van der Waals surface area contributed by atoms with Crippen molar-refractivity contribution in [2.24, 2.45) is 17.3 Å². The van der Waals surface area contributed by atoms with Crippen LogP contribution in [0.1, 0.15) is 66.2 Å². The fourth-order valence-corrected chi connectivity index (χ4v) is 2.65. The van der Waals surface area contributed by atoms with Crippen molar-refractivity contribution >= 4 is 0 Å². The smallest absolute Gasteiger partial charge is 0.0354 e. The molecule has 0 aromatic carbocycles. The molecular formula is C13H26. The molecule has 1 fully saturated rings. The van der Waals surface area contributed by atoms with E-state index in [1.807, 2.05) is 0 Å². The van der Waals surface area contributed by atoms with E-state index in [0.717, 1.165) is 11.8 Å². The highest BCUT2D eigenvalue weighted by Crippen LogP contribution is 2.38. The third-order valence-corrected chi connectivity index (χ3v) is 3.89. The van der Waals surface area contributed by atoms with Crippen molar-refractivity contribution in [1.29, 1.82) is 0 Å². The van der Waals surface area contributed by atoms with Crippen LogP contribution in [0.2, 0.25) is 0 Å². The fraction of sp³-hybridized carbons (Fsp3) is 1.00. The minimum Gasteiger partial charge on any atom is -0.0651 e. The molecule has 0 heteroatoms. The van der Waals surface area contributed by atoms with Gasteiger partial charge in [0, 0.05) is 0 Å². The molecule has 78 valence electrons. The monoisotopic (exact) mass is 182 g/mol. The Hall–Kier alpha value is 0. The summed E-state index contributed by atoms with van der Waals surface area (Å²) in [6.07, 6.45) is 8.79. The Labute approximate surface area is 84.1 Å². The van der Waals surface area contributed by atoms with Crippen molar-refractivity contribution in [3.05, 3.63) is 0 Å². The van der Waals surface area contributed by atoms with Gasteiger partial charge in [-0.05, 0) is 30.1 Å². The van der Waals surface area contributed by atoms with E-state index in [0.29, 0.717) is 5.41 Å². The summed E-state index contributed by atoms with van der Waals surface area (Å²) in [6, 6.07) is 0. The zero-order valence-electron chi connectivity index (χ0n) is 9.90. The van der Waals surface area contributed by atoms with Crippen molar-refractivity contribution in [2.75, 3.05) is 0 Å². The van der Waals surface area contributed by atoms with E-state index in [1.165, 1.54) is 38.5 Å². The molecule has 1 rings (SSSR count). The van der Waals surface area contributed by atoms with Crippen LogP contribution in [-0.2, 0) is 0 Å². The molecule has 0 aliphatic heterocycles. The van der Waals surface area contributed by atoms with Gasteiger partial charge in [0.15, 0.2) is 0 Å². The molecule has 0 nitrogen and oxygen atoms in total. The number of rotatable bonds is 1. The van der Waals surface area contributed by atoms with E-state index in [1.54, 1.807) is 0 Å². The molecule has 0 bridgehead atoms. The van der Waals surface area contributed by atoms with Crippen molar-refractivity contribution in [3.8, 4) is 0 Å². The van der Waals surface area contributed by atoms with E-state index in [9.17, 15) is 0 Å². The summed E-state index contributed by atoms with van der Waals surface area (Å²) in [5.74, 6) is 2.01. The lowest BCUT2D eigenvalue weighted by Gasteiger charge is -2.29. The van der Waals surface area contributed by atoms with E-state index in [4.69, 9.17) is 0 Å². The Morgan fingerprint density at radius 3 is 2.23 bits per heavy atom. The van der Waals surface area contributed by atoms with Crippen LogP contribution in [-0.4, -0.2) is 0 Å². The van der Waals surface area contributed by atoms with Crippen molar-refractivity contribution in [1.82, 2.24) is 0 Å². The average molecular weight is 182 g/mol. The summed E-state index contributed by atoms with van der Waals surface area (Å²) in [7, 11) is 0.